The van der Waals surface area contributed by atoms with Crippen molar-refractivity contribution in [3.05, 3.63) is 24.1 Å². The quantitative estimate of drug-likeness (QED) is 0.859. The van der Waals surface area contributed by atoms with Gasteiger partial charge in [-0.15, -0.1) is 10.2 Å². The zero-order chi connectivity index (χ0) is 12.4. The molecule has 6 nitrogen and oxygen atoms in total. The Hall–Kier alpha value is -1.82. The van der Waals surface area contributed by atoms with E-state index in [1.165, 1.54) is 0 Å². The van der Waals surface area contributed by atoms with Crippen molar-refractivity contribution >= 4 is 0 Å². The third kappa shape index (κ3) is 2.24. The largest absolute Gasteiger partial charge is 0.420 e. The van der Waals surface area contributed by atoms with Crippen molar-refractivity contribution in [2.45, 2.75) is 25.7 Å². The lowest BCUT2D eigenvalue weighted by atomic mass is 10.00. The fraction of sp³-hybridized carbons (Fsp3) is 0.500. The lowest BCUT2D eigenvalue weighted by Gasteiger charge is -2.18. The van der Waals surface area contributed by atoms with Gasteiger partial charge in [0.2, 0.25) is 5.89 Å². The van der Waals surface area contributed by atoms with E-state index in [9.17, 15) is 0 Å². The minimum atomic E-state index is 0.325. The first-order valence-electron chi connectivity index (χ1n) is 6.16. The summed E-state index contributed by atoms with van der Waals surface area (Å²) in [5.41, 5.74) is 0.767. The van der Waals surface area contributed by atoms with E-state index in [1.54, 1.807) is 12.4 Å². The molecule has 2 aromatic rings. The Morgan fingerprint density at radius 3 is 2.83 bits per heavy atom. The number of hydrogen-bond acceptors (Lipinski definition) is 6. The van der Waals surface area contributed by atoms with E-state index < -0.39 is 0 Å². The molecule has 0 amide bonds. The van der Waals surface area contributed by atoms with Crippen LogP contribution in [0, 0.1) is 6.92 Å². The van der Waals surface area contributed by atoms with Crippen LogP contribution in [0.3, 0.4) is 0 Å². The van der Waals surface area contributed by atoms with Gasteiger partial charge in [0.05, 0.1) is 5.56 Å². The molecule has 1 atom stereocenters. The maximum atomic E-state index is 5.71. The Morgan fingerprint density at radius 1 is 1.28 bits per heavy atom. The Morgan fingerprint density at radius 2 is 2.11 bits per heavy atom. The summed E-state index contributed by atoms with van der Waals surface area (Å²) in [4.78, 5) is 8.25. The maximum absolute atomic E-state index is 5.71. The highest BCUT2D eigenvalue weighted by Gasteiger charge is 2.21. The third-order valence-electron chi connectivity index (χ3n) is 3.11. The molecule has 2 aromatic heterocycles. The molecular formula is C12H15N5O. The van der Waals surface area contributed by atoms with Crippen LogP contribution in [0.2, 0.25) is 0 Å². The molecule has 0 radical (unpaired) electrons. The van der Waals surface area contributed by atoms with Gasteiger partial charge in [0.1, 0.15) is 5.82 Å². The number of hydrogen-bond donors (Lipinski definition) is 1. The lowest BCUT2D eigenvalue weighted by molar-refractivity contribution is 0.380. The molecule has 6 heteroatoms. The second-order valence-corrected chi connectivity index (χ2v) is 4.51. The minimum absolute atomic E-state index is 0.325. The molecule has 94 valence electrons. The number of nitrogens with zero attached hydrogens (tertiary/aromatic N) is 4. The summed E-state index contributed by atoms with van der Waals surface area (Å²) in [6.07, 6.45) is 5.66. The topological polar surface area (TPSA) is 76.7 Å². The van der Waals surface area contributed by atoms with E-state index in [4.69, 9.17) is 4.42 Å². The van der Waals surface area contributed by atoms with Gasteiger partial charge in [0.25, 0.3) is 5.89 Å². The van der Waals surface area contributed by atoms with Crippen LogP contribution in [0.4, 0.5) is 0 Å². The number of rotatable bonds is 2. The summed E-state index contributed by atoms with van der Waals surface area (Å²) in [5, 5.41) is 11.5. The summed E-state index contributed by atoms with van der Waals surface area (Å²) in [6, 6.07) is 0. The third-order valence-corrected chi connectivity index (χ3v) is 3.11. The molecule has 0 saturated carbocycles. The van der Waals surface area contributed by atoms with Crippen LogP contribution in [-0.2, 0) is 0 Å². The summed E-state index contributed by atoms with van der Waals surface area (Å²) in [7, 11) is 0. The predicted molar refractivity (Wildman–Crippen MR) is 64.9 cm³/mol. The van der Waals surface area contributed by atoms with Crippen molar-refractivity contribution in [2.75, 3.05) is 13.1 Å². The van der Waals surface area contributed by atoms with Crippen molar-refractivity contribution in [1.82, 2.24) is 25.5 Å². The Labute approximate surface area is 105 Å². The van der Waals surface area contributed by atoms with Gasteiger partial charge >= 0.3 is 0 Å². The zero-order valence-electron chi connectivity index (χ0n) is 10.3. The van der Waals surface area contributed by atoms with Gasteiger partial charge in [-0.1, -0.05) is 0 Å². The SMILES string of the molecule is Cc1ncc(-c2nnc([C@@H]3CCCNC3)o2)cn1. The number of piperidine rings is 1. The second-order valence-electron chi connectivity index (χ2n) is 4.51. The first-order chi connectivity index (χ1) is 8.83. The van der Waals surface area contributed by atoms with Gasteiger partial charge in [-0.3, -0.25) is 0 Å². The monoisotopic (exact) mass is 245 g/mol. The lowest BCUT2D eigenvalue weighted by Crippen LogP contribution is -2.28. The van der Waals surface area contributed by atoms with Crippen molar-refractivity contribution in [2.24, 2.45) is 0 Å². The highest BCUT2D eigenvalue weighted by Crippen LogP contribution is 2.24. The van der Waals surface area contributed by atoms with E-state index in [2.05, 4.69) is 25.5 Å². The molecule has 1 aliphatic heterocycles. The fourth-order valence-electron chi connectivity index (χ4n) is 2.08. The van der Waals surface area contributed by atoms with E-state index in [0.29, 0.717) is 17.7 Å². The van der Waals surface area contributed by atoms with Gasteiger partial charge in [0.15, 0.2) is 0 Å². The average molecular weight is 245 g/mol. The van der Waals surface area contributed by atoms with Crippen LogP contribution in [0.15, 0.2) is 16.8 Å². The smallest absolute Gasteiger partial charge is 0.250 e. The molecular weight excluding hydrogens is 230 g/mol. The molecule has 0 aromatic carbocycles. The molecule has 18 heavy (non-hydrogen) atoms. The van der Waals surface area contributed by atoms with Crippen molar-refractivity contribution < 1.29 is 4.42 Å². The van der Waals surface area contributed by atoms with Crippen LogP contribution >= 0.6 is 0 Å². The van der Waals surface area contributed by atoms with E-state index in [1.807, 2.05) is 6.92 Å². The molecule has 1 fully saturated rings. The first-order valence-corrected chi connectivity index (χ1v) is 6.16. The van der Waals surface area contributed by atoms with Crippen molar-refractivity contribution in [1.29, 1.82) is 0 Å². The first kappa shape index (κ1) is 11.3. The standard InChI is InChI=1S/C12H15N5O/c1-8-14-6-10(7-15-8)12-17-16-11(18-12)9-3-2-4-13-5-9/h6-7,9,13H,2-5H2,1H3/t9-/m1/s1. The normalized spacial score (nSPS) is 19.9. The molecule has 0 aliphatic carbocycles. The molecule has 1 aliphatic rings. The summed E-state index contributed by atoms with van der Waals surface area (Å²) >= 11 is 0. The fourth-order valence-corrected chi connectivity index (χ4v) is 2.08. The van der Waals surface area contributed by atoms with Gasteiger partial charge in [0, 0.05) is 24.9 Å². The van der Waals surface area contributed by atoms with Crippen LogP contribution in [-0.4, -0.2) is 33.3 Å². The summed E-state index contributed by atoms with van der Waals surface area (Å²) < 4.78 is 5.71. The van der Waals surface area contributed by atoms with Crippen LogP contribution in [0.1, 0.15) is 30.5 Å². The zero-order valence-corrected chi connectivity index (χ0v) is 10.3. The highest BCUT2D eigenvalue weighted by molar-refractivity contribution is 5.48. The Bertz CT molecular complexity index is 516. The number of nitrogens with one attached hydrogen (secondary N) is 1. The number of aryl methyl sites for hydroxylation is 1. The maximum Gasteiger partial charge on any atom is 0.250 e. The van der Waals surface area contributed by atoms with Crippen LogP contribution in [0.25, 0.3) is 11.5 Å². The molecule has 0 spiro atoms. The van der Waals surface area contributed by atoms with Gasteiger partial charge in [-0.05, 0) is 26.3 Å². The summed E-state index contributed by atoms with van der Waals surface area (Å²) in [5.74, 6) is 2.26. The van der Waals surface area contributed by atoms with E-state index in [0.717, 1.165) is 37.3 Å². The predicted octanol–water partition coefficient (Wildman–Crippen LogP) is 1.30. The molecule has 1 N–H and O–H groups in total. The Kier molecular flexibility index (Phi) is 3.02. The second kappa shape index (κ2) is 4.81. The molecule has 0 bridgehead atoms. The molecule has 3 heterocycles. The average Bonchev–Trinajstić information content (AvgIpc) is 2.90. The van der Waals surface area contributed by atoms with E-state index in [-0.39, 0.29) is 0 Å². The van der Waals surface area contributed by atoms with Crippen molar-refractivity contribution in [3.63, 3.8) is 0 Å². The van der Waals surface area contributed by atoms with Crippen LogP contribution < -0.4 is 5.32 Å². The molecule has 1 saturated heterocycles. The minimum Gasteiger partial charge on any atom is -0.420 e. The molecule has 0 unspecified atom stereocenters. The van der Waals surface area contributed by atoms with Gasteiger partial charge in [-0.2, -0.15) is 0 Å². The molecule has 3 rings (SSSR count). The van der Waals surface area contributed by atoms with Crippen LogP contribution in [0.5, 0.6) is 0 Å². The highest BCUT2D eigenvalue weighted by atomic mass is 16.4. The van der Waals surface area contributed by atoms with Crippen molar-refractivity contribution in [3.8, 4) is 11.5 Å². The summed E-state index contributed by atoms with van der Waals surface area (Å²) in [6.45, 7) is 3.83. The number of aromatic nitrogens is 4. The van der Waals surface area contributed by atoms with E-state index >= 15 is 0 Å². The van der Waals surface area contributed by atoms with Gasteiger partial charge in [-0.25, -0.2) is 9.97 Å². The Balaban J connectivity index is 1.82. The van der Waals surface area contributed by atoms with Gasteiger partial charge < -0.3 is 9.73 Å².